The molecule has 3 aromatic rings. The fourth-order valence-electron chi connectivity index (χ4n) is 4.97. The molecule has 11 heteroatoms. The minimum absolute atomic E-state index is 0. The van der Waals surface area contributed by atoms with Crippen molar-refractivity contribution >= 4 is 23.4 Å². The molecule has 2 heterocycles. The van der Waals surface area contributed by atoms with Crippen LogP contribution in [-0.4, -0.2) is 79.8 Å². The molecular weight excluding hydrogens is 540 g/mol. The van der Waals surface area contributed by atoms with Gasteiger partial charge in [0.2, 0.25) is 16.9 Å². The molecule has 2 aromatic carbocycles. The highest BCUT2D eigenvalue weighted by Gasteiger charge is 2.24. The maximum atomic E-state index is 13.9. The Labute approximate surface area is 240 Å². The maximum absolute atomic E-state index is 13.9. The number of methoxy groups -OCH3 is 5. The summed E-state index contributed by atoms with van der Waals surface area (Å²) in [7, 11) is 9.77. The third-order valence-corrected chi connectivity index (χ3v) is 7.11. The highest BCUT2D eigenvalue weighted by molar-refractivity contribution is 5.89. The molecule has 220 valence electrons. The van der Waals surface area contributed by atoms with Crippen LogP contribution >= 0.6 is 12.4 Å². The topological polar surface area (TPSA) is 101 Å². The van der Waals surface area contributed by atoms with Crippen LogP contribution in [0.3, 0.4) is 0 Å². The zero-order valence-electron chi connectivity index (χ0n) is 24.0. The van der Waals surface area contributed by atoms with Crippen LogP contribution in [0.1, 0.15) is 19.3 Å². The Balaban J connectivity index is 0.00000441. The summed E-state index contributed by atoms with van der Waals surface area (Å²) < 4.78 is 40.0. The number of nitrogens with one attached hydrogen (secondary N) is 1. The predicted molar refractivity (Wildman–Crippen MR) is 157 cm³/mol. The summed E-state index contributed by atoms with van der Waals surface area (Å²) in [4.78, 5) is 16.3. The van der Waals surface area contributed by atoms with Gasteiger partial charge in [-0.1, -0.05) is 0 Å². The highest BCUT2D eigenvalue weighted by atomic mass is 35.5. The Hall–Kier alpha value is -3.34. The Morgan fingerprint density at radius 1 is 0.875 bits per heavy atom. The minimum Gasteiger partial charge on any atom is -0.496 e. The highest BCUT2D eigenvalue weighted by Crippen LogP contribution is 2.44. The molecular formula is C29H39ClN2O8. The lowest BCUT2D eigenvalue weighted by molar-refractivity contribution is 0.182. The van der Waals surface area contributed by atoms with Crippen LogP contribution in [0.15, 0.2) is 33.5 Å². The van der Waals surface area contributed by atoms with Crippen molar-refractivity contribution in [2.75, 3.05) is 68.8 Å². The molecule has 40 heavy (non-hydrogen) atoms. The monoisotopic (exact) mass is 578 g/mol. The normalized spacial score (nSPS) is 13.6. The van der Waals surface area contributed by atoms with Crippen molar-refractivity contribution < 1.29 is 32.8 Å². The van der Waals surface area contributed by atoms with E-state index in [0.717, 1.165) is 38.9 Å². The van der Waals surface area contributed by atoms with E-state index in [1.54, 1.807) is 24.3 Å². The van der Waals surface area contributed by atoms with Crippen LogP contribution < -0.4 is 39.2 Å². The Kier molecular flexibility index (Phi) is 11.2. The molecule has 1 fully saturated rings. The number of hydrogen-bond acceptors (Lipinski definition) is 10. The van der Waals surface area contributed by atoms with Gasteiger partial charge in [0.25, 0.3) is 0 Å². The van der Waals surface area contributed by atoms with Crippen molar-refractivity contribution in [3.8, 4) is 45.8 Å². The number of halogens is 1. The number of nitrogens with zero attached hydrogens (tertiary/aromatic N) is 1. The van der Waals surface area contributed by atoms with E-state index in [0.29, 0.717) is 52.5 Å². The molecule has 0 radical (unpaired) electrons. The lowest BCUT2D eigenvalue weighted by Crippen LogP contribution is -2.41. The molecule has 0 bridgehead atoms. The quantitative estimate of drug-likeness (QED) is 0.312. The maximum Gasteiger partial charge on any atom is 0.239 e. The predicted octanol–water partition coefficient (Wildman–Crippen LogP) is 4.38. The first-order valence-corrected chi connectivity index (χ1v) is 13.0. The van der Waals surface area contributed by atoms with E-state index in [-0.39, 0.29) is 34.7 Å². The minimum atomic E-state index is -0.341. The second-order valence-electron chi connectivity index (χ2n) is 9.37. The van der Waals surface area contributed by atoms with E-state index in [1.165, 1.54) is 35.5 Å². The smallest absolute Gasteiger partial charge is 0.239 e. The number of piperidine rings is 1. The van der Waals surface area contributed by atoms with Crippen LogP contribution in [0.2, 0.25) is 0 Å². The van der Waals surface area contributed by atoms with Crippen LogP contribution in [-0.2, 0) is 0 Å². The van der Waals surface area contributed by atoms with Crippen molar-refractivity contribution in [3.63, 3.8) is 0 Å². The molecule has 0 atom stereocenters. The van der Waals surface area contributed by atoms with E-state index in [1.807, 2.05) is 0 Å². The lowest BCUT2D eigenvalue weighted by Gasteiger charge is -2.31. The molecule has 1 aliphatic rings. The van der Waals surface area contributed by atoms with Gasteiger partial charge in [-0.2, -0.15) is 0 Å². The molecule has 0 unspecified atom stereocenters. The van der Waals surface area contributed by atoms with Gasteiger partial charge in [0.05, 0.1) is 42.2 Å². The van der Waals surface area contributed by atoms with Gasteiger partial charge >= 0.3 is 0 Å². The van der Waals surface area contributed by atoms with Crippen molar-refractivity contribution in [2.24, 2.45) is 0 Å². The largest absolute Gasteiger partial charge is 0.496 e. The van der Waals surface area contributed by atoms with Gasteiger partial charge in [0.15, 0.2) is 17.3 Å². The van der Waals surface area contributed by atoms with E-state index >= 15 is 0 Å². The molecule has 0 saturated carbocycles. The molecule has 0 aliphatic carbocycles. The number of hydrogen-bond donors (Lipinski definition) is 1. The van der Waals surface area contributed by atoms with Crippen molar-refractivity contribution in [2.45, 2.75) is 25.3 Å². The standard InChI is InChI=1S/C29H38N2O8.ClH/c1-31(19-8-10-30-11-9-19)12-7-13-38-29-26(32)25-21(34-3)16-20(33-2)17-22(25)39-27(29)18-14-23(35-4)28(37-6)24(15-18)36-5;/h14-17,19,30H,7-13H2,1-6H3;1H. The number of ether oxygens (including phenoxy) is 6. The zero-order chi connectivity index (χ0) is 27.9. The molecule has 0 spiro atoms. The average Bonchev–Trinajstić information content (AvgIpc) is 2.98. The van der Waals surface area contributed by atoms with Gasteiger partial charge in [0.1, 0.15) is 22.5 Å². The van der Waals surface area contributed by atoms with Gasteiger partial charge in [-0.25, -0.2) is 0 Å². The summed E-state index contributed by atoms with van der Waals surface area (Å²) >= 11 is 0. The van der Waals surface area contributed by atoms with Crippen molar-refractivity contribution in [1.82, 2.24) is 10.2 Å². The SMILES string of the molecule is COc1cc(OC)c2c(=O)c(OCCCN(C)C3CCNCC3)c(-c3cc(OC)c(OC)c(OC)c3)oc2c1.Cl. The van der Waals surface area contributed by atoms with Gasteiger partial charge in [-0.3, -0.25) is 4.79 Å². The van der Waals surface area contributed by atoms with E-state index in [2.05, 4.69) is 17.3 Å². The molecule has 1 aromatic heterocycles. The fourth-order valence-corrected chi connectivity index (χ4v) is 4.97. The zero-order valence-corrected chi connectivity index (χ0v) is 24.8. The first-order valence-electron chi connectivity index (χ1n) is 13.0. The molecule has 4 rings (SSSR count). The Bertz CT molecular complexity index is 1310. The van der Waals surface area contributed by atoms with Crippen LogP contribution in [0.4, 0.5) is 0 Å². The fraction of sp³-hybridized carbons (Fsp3) is 0.483. The van der Waals surface area contributed by atoms with E-state index in [4.69, 9.17) is 32.8 Å². The van der Waals surface area contributed by atoms with E-state index < -0.39 is 0 Å². The molecule has 1 saturated heterocycles. The first-order chi connectivity index (χ1) is 18.9. The number of benzene rings is 2. The van der Waals surface area contributed by atoms with Crippen LogP contribution in [0.5, 0.6) is 34.5 Å². The summed E-state index contributed by atoms with van der Waals surface area (Å²) in [6, 6.07) is 7.29. The summed E-state index contributed by atoms with van der Waals surface area (Å²) in [5.41, 5.74) is 0.497. The third kappa shape index (κ3) is 6.51. The van der Waals surface area contributed by atoms with E-state index in [9.17, 15) is 4.79 Å². The second-order valence-corrected chi connectivity index (χ2v) is 9.37. The first kappa shape index (κ1) is 31.2. The summed E-state index contributed by atoms with van der Waals surface area (Å²) in [6.07, 6.45) is 2.99. The van der Waals surface area contributed by atoms with Crippen LogP contribution in [0.25, 0.3) is 22.3 Å². The molecule has 1 aliphatic heterocycles. The lowest BCUT2D eigenvalue weighted by atomic mass is 10.1. The van der Waals surface area contributed by atoms with Gasteiger partial charge in [0, 0.05) is 30.3 Å². The Morgan fingerprint density at radius 3 is 2.10 bits per heavy atom. The summed E-state index contributed by atoms with van der Waals surface area (Å²) in [6.45, 7) is 3.26. The van der Waals surface area contributed by atoms with Crippen molar-refractivity contribution in [1.29, 1.82) is 0 Å². The van der Waals surface area contributed by atoms with Crippen LogP contribution in [0, 0.1) is 0 Å². The molecule has 10 nitrogen and oxygen atoms in total. The summed E-state index contributed by atoms with van der Waals surface area (Å²) in [5, 5.41) is 3.67. The average molecular weight is 579 g/mol. The van der Waals surface area contributed by atoms with Gasteiger partial charge < -0.3 is 43.1 Å². The Morgan fingerprint density at radius 2 is 1.52 bits per heavy atom. The molecule has 0 amide bonds. The number of fused-ring (bicyclic) bond motifs is 1. The van der Waals surface area contributed by atoms with Crippen molar-refractivity contribution in [3.05, 3.63) is 34.5 Å². The van der Waals surface area contributed by atoms with Gasteiger partial charge in [-0.15, -0.1) is 12.4 Å². The molecule has 1 N–H and O–H groups in total. The van der Waals surface area contributed by atoms with Gasteiger partial charge in [-0.05, 0) is 51.5 Å². The third-order valence-electron chi connectivity index (χ3n) is 7.11. The summed E-state index contributed by atoms with van der Waals surface area (Å²) in [5.74, 6) is 2.44. The second kappa shape index (κ2) is 14.3. The number of rotatable bonds is 12.